The molecular formula is C13H16O3. The van der Waals surface area contributed by atoms with Gasteiger partial charge < -0.3 is 5.11 Å². The van der Waals surface area contributed by atoms with Gasteiger partial charge in [-0.25, -0.2) is 0 Å². The van der Waals surface area contributed by atoms with Crippen LogP contribution in [0.15, 0.2) is 24.3 Å². The molecule has 1 N–H and O–H groups in total. The van der Waals surface area contributed by atoms with Gasteiger partial charge >= 0.3 is 0 Å². The number of carbonyl (C=O) groups is 2. The Balaban J connectivity index is 0.000000280. The van der Waals surface area contributed by atoms with Gasteiger partial charge in [0, 0.05) is 17.9 Å². The van der Waals surface area contributed by atoms with Crippen molar-refractivity contribution in [1.29, 1.82) is 0 Å². The van der Waals surface area contributed by atoms with Crippen LogP contribution < -0.4 is 0 Å². The Bertz CT molecular complexity index is 415. The zero-order valence-electron chi connectivity index (χ0n) is 9.78. The predicted molar refractivity (Wildman–Crippen MR) is 61.6 cm³/mol. The third-order valence-corrected chi connectivity index (χ3v) is 2.51. The summed E-state index contributed by atoms with van der Waals surface area (Å²) in [5, 5.41) is 7.42. The Morgan fingerprint density at radius 1 is 1.31 bits per heavy atom. The van der Waals surface area contributed by atoms with E-state index >= 15 is 0 Å². The van der Waals surface area contributed by atoms with E-state index in [1.807, 2.05) is 38.1 Å². The number of Topliss-reactive ketones (excluding diaryl/α,β-unsaturated/α-hetero) is 1. The number of carbonyl (C=O) groups excluding carboxylic acids is 1. The van der Waals surface area contributed by atoms with Gasteiger partial charge in [-0.2, -0.15) is 0 Å². The van der Waals surface area contributed by atoms with E-state index in [-0.39, 0.29) is 11.2 Å². The van der Waals surface area contributed by atoms with E-state index in [9.17, 15) is 4.79 Å². The van der Waals surface area contributed by atoms with Gasteiger partial charge in [0.1, 0.15) is 0 Å². The monoisotopic (exact) mass is 220 g/mol. The first kappa shape index (κ1) is 12.4. The molecule has 0 saturated carbocycles. The fourth-order valence-electron chi connectivity index (χ4n) is 1.82. The SMILES string of the molecule is CC(=O)O.CC1(C)Cc2ccccc2C1=O. The Morgan fingerprint density at radius 2 is 1.81 bits per heavy atom. The fraction of sp³-hybridized carbons (Fsp3) is 0.385. The summed E-state index contributed by atoms with van der Waals surface area (Å²) < 4.78 is 0. The van der Waals surface area contributed by atoms with Crippen LogP contribution >= 0.6 is 0 Å². The smallest absolute Gasteiger partial charge is 0.300 e. The second-order valence-electron chi connectivity index (χ2n) is 4.57. The molecule has 1 aliphatic carbocycles. The molecule has 1 aromatic rings. The molecule has 3 nitrogen and oxygen atoms in total. The topological polar surface area (TPSA) is 54.4 Å². The molecule has 1 aromatic carbocycles. The Kier molecular flexibility index (Phi) is 3.48. The average Bonchev–Trinajstić information content (AvgIpc) is 2.37. The minimum atomic E-state index is -0.833. The van der Waals surface area contributed by atoms with Crippen molar-refractivity contribution in [2.75, 3.05) is 0 Å². The molecular weight excluding hydrogens is 204 g/mol. The highest BCUT2D eigenvalue weighted by Crippen LogP contribution is 2.35. The number of carboxylic acid groups (broad SMARTS) is 1. The first-order valence-corrected chi connectivity index (χ1v) is 5.17. The van der Waals surface area contributed by atoms with Crippen molar-refractivity contribution in [1.82, 2.24) is 0 Å². The lowest BCUT2D eigenvalue weighted by atomic mass is 9.89. The molecule has 0 unspecified atom stereocenters. The van der Waals surface area contributed by atoms with Crippen molar-refractivity contribution in [2.45, 2.75) is 27.2 Å². The second kappa shape index (κ2) is 4.47. The molecule has 0 saturated heterocycles. The maximum Gasteiger partial charge on any atom is 0.300 e. The number of rotatable bonds is 0. The summed E-state index contributed by atoms with van der Waals surface area (Å²) in [7, 11) is 0. The molecule has 3 heteroatoms. The molecule has 2 rings (SSSR count). The predicted octanol–water partition coefficient (Wildman–Crippen LogP) is 2.54. The first-order valence-electron chi connectivity index (χ1n) is 5.17. The average molecular weight is 220 g/mol. The number of hydrogen-bond donors (Lipinski definition) is 1. The van der Waals surface area contributed by atoms with Crippen molar-refractivity contribution >= 4 is 11.8 Å². The third kappa shape index (κ3) is 2.69. The summed E-state index contributed by atoms with van der Waals surface area (Å²) >= 11 is 0. The molecule has 1 aliphatic rings. The van der Waals surface area contributed by atoms with Gasteiger partial charge in [-0.15, -0.1) is 0 Å². The van der Waals surface area contributed by atoms with E-state index in [0.29, 0.717) is 0 Å². The summed E-state index contributed by atoms with van der Waals surface area (Å²) in [6, 6.07) is 7.89. The van der Waals surface area contributed by atoms with Crippen LogP contribution in [0.1, 0.15) is 36.7 Å². The number of carboxylic acids is 1. The maximum absolute atomic E-state index is 11.7. The molecule has 0 fully saturated rings. The number of fused-ring (bicyclic) bond motifs is 1. The van der Waals surface area contributed by atoms with Crippen LogP contribution in [0, 0.1) is 5.41 Å². The number of ketones is 1. The van der Waals surface area contributed by atoms with E-state index in [1.54, 1.807) is 0 Å². The summed E-state index contributed by atoms with van der Waals surface area (Å²) in [5.74, 6) is -0.543. The van der Waals surface area contributed by atoms with Crippen molar-refractivity contribution in [3.8, 4) is 0 Å². The van der Waals surface area contributed by atoms with E-state index in [4.69, 9.17) is 9.90 Å². The van der Waals surface area contributed by atoms with Gasteiger partial charge in [0.05, 0.1) is 0 Å². The quantitative estimate of drug-likeness (QED) is 0.731. The lowest BCUT2D eigenvalue weighted by Gasteiger charge is -2.12. The molecule has 0 atom stereocenters. The summed E-state index contributed by atoms with van der Waals surface area (Å²) in [4.78, 5) is 20.7. The van der Waals surface area contributed by atoms with Crippen LogP contribution in [0.3, 0.4) is 0 Å². The number of aliphatic carboxylic acids is 1. The van der Waals surface area contributed by atoms with E-state index < -0.39 is 5.97 Å². The van der Waals surface area contributed by atoms with E-state index in [2.05, 4.69) is 0 Å². The molecule has 0 bridgehead atoms. The third-order valence-electron chi connectivity index (χ3n) is 2.51. The zero-order valence-corrected chi connectivity index (χ0v) is 9.78. The van der Waals surface area contributed by atoms with E-state index in [1.165, 1.54) is 5.56 Å². The zero-order chi connectivity index (χ0) is 12.3. The summed E-state index contributed by atoms with van der Waals surface area (Å²) in [6.07, 6.45) is 0.891. The van der Waals surface area contributed by atoms with Gasteiger partial charge in [-0.1, -0.05) is 38.1 Å². The Hall–Kier alpha value is -1.64. The van der Waals surface area contributed by atoms with Gasteiger partial charge in [-0.3, -0.25) is 9.59 Å². The largest absolute Gasteiger partial charge is 0.481 e. The summed E-state index contributed by atoms with van der Waals surface area (Å²) in [5.41, 5.74) is 1.94. The number of benzene rings is 1. The lowest BCUT2D eigenvalue weighted by Crippen LogP contribution is -2.18. The van der Waals surface area contributed by atoms with Crippen LogP contribution in [0.4, 0.5) is 0 Å². The van der Waals surface area contributed by atoms with Gasteiger partial charge in [0.25, 0.3) is 5.97 Å². The molecule has 0 amide bonds. The van der Waals surface area contributed by atoms with Crippen molar-refractivity contribution in [2.24, 2.45) is 5.41 Å². The van der Waals surface area contributed by atoms with Gasteiger partial charge in [0.15, 0.2) is 5.78 Å². The van der Waals surface area contributed by atoms with Crippen LogP contribution in [0.25, 0.3) is 0 Å². The van der Waals surface area contributed by atoms with Gasteiger partial charge in [-0.05, 0) is 12.0 Å². The molecule has 0 aliphatic heterocycles. The van der Waals surface area contributed by atoms with Crippen molar-refractivity contribution < 1.29 is 14.7 Å². The van der Waals surface area contributed by atoms with E-state index in [0.717, 1.165) is 18.9 Å². The highest BCUT2D eigenvalue weighted by Gasteiger charge is 2.36. The van der Waals surface area contributed by atoms with Crippen LogP contribution in [0.2, 0.25) is 0 Å². The van der Waals surface area contributed by atoms with Crippen LogP contribution in [0.5, 0.6) is 0 Å². The molecule has 16 heavy (non-hydrogen) atoms. The molecule has 86 valence electrons. The standard InChI is InChI=1S/C11H12O.C2H4O2/c1-11(2)7-8-5-3-4-6-9(8)10(11)12;1-2(3)4/h3-6H,7H2,1-2H3;1H3,(H,3,4). The highest BCUT2D eigenvalue weighted by molar-refractivity contribution is 6.04. The lowest BCUT2D eigenvalue weighted by molar-refractivity contribution is -0.134. The fourth-order valence-corrected chi connectivity index (χ4v) is 1.82. The normalized spacial score (nSPS) is 16.1. The molecule has 0 radical (unpaired) electrons. The molecule has 0 aromatic heterocycles. The molecule has 0 heterocycles. The van der Waals surface area contributed by atoms with Crippen molar-refractivity contribution in [3.63, 3.8) is 0 Å². The Morgan fingerprint density at radius 3 is 2.31 bits per heavy atom. The van der Waals surface area contributed by atoms with Gasteiger partial charge in [0.2, 0.25) is 0 Å². The molecule has 0 spiro atoms. The maximum atomic E-state index is 11.7. The minimum absolute atomic E-state index is 0.177. The number of hydrogen-bond acceptors (Lipinski definition) is 2. The minimum Gasteiger partial charge on any atom is -0.481 e. The second-order valence-corrected chi connectivity index (χ2v) is 4.57. The first-order chi connectivity index (χ1) is 7.34. The highest BCUT2D eigenvalue weighted by atomic mass is 16.4. The summed E-state index contributed by atoms with van der Waals surface area (Å²) in [6.45, 7) is 5.10. The Labute approximate surface area is 95.1 Å². The van der Waals surface area contributed by atoms with Crippen LogP contribution in [-0.4, -0.2) is 16.9 Å². The van der Waals surface area contributed by atoms with Crippen LogP contribution in [-0.2, 0) is 11.2 Å². The van der Waals surface area contributed by atoms with Crippen molar-refractivity contribution in [3.05, 3.63) is 35.4 Å².